The Labute approximate surface area is 180 Å². The molecule has 1 aliphatic heterocycles. The Kier molecular flexibility index (Phi) is 5.97. The summed E-state index contributed by atoms with van der Waals surface area (Å²) in [6.07, 6.45) is 3.95. The van der Waals surface area contributed by atoms with Gasteiger partial charge < -0.3 is 20.3 Å². The number of nitrogens with one attached hydrogen (secondary N) is 2. The number of aryl methyl sites for hydroxylation is 1. The molecular formula is C22H29FN4O2S. The second kappa shape index (κ2) is 8.51. The molecule has 0 spiro atoms. The number of benzene rings is 1. The molecule has 1 aromatic heterocycles. The second-order valence-corrected chi connectivity index (χ2v) is 9.35. The van der Waals surface area contributed by atoms with Crippen molar-refractivity contribution in [2.45, 2.75) is 64.2 Å². The van der Waals surface area contributed by atoms with Gasteiger partial charge in [-0.15, -0.1) is 11.3 Å². The van der Waals surface area contributed by atoms with E-state index in [1.165, 1.54) is 6.07 Å². The van der Waals surface area contributed by atoms with Crippen LogP contribution in [0.3, 0.4) is 0 Å². The van der Waals surface area contributed by atoms with Gasteiger partial charge in [0.05, 0.1) is 23.4 Å². The Bertz CT molecular complexity index is 902. The van der Waals surface area contributed by atoms with E-state index in [4.69, 9.17) is 4.74 Å². The first-order valence-electron chi connectivity index (χ1n) is 10.6. The van der Waals surface area contributed by atoms with Crippen molar-refractivity contribution in [3.63, 3.8) is 0 Å². The molecule has 0 unspecified atom stereocenters. The highest BCUT2D eigenvalue weighted by molar-refractivity contribution is 7.09. The number of anilines is 2. The van der Waals surface area contributed by atoms with Gasteiger partial charge in [0, 0.05) is 29.9 Å². The molecule has 8 heteroatoms. The molecule has 30 heavy (non-hydrogen) atoms. The molecule has 2 amide bonds. The molecule has 2 N–H and O–H groups in total. The number of aromatic nitrogens is 1. The summed E-state index contributed by atoms with van der Waals surface area (Å²) in [6, 6.07) is 4.53. The number of carbonyl (C=O) groups is 1. The lowest BCUT2D eigenvalue weighted by Gasteiger charge is -2.37. The first-order valence-corrected chi connectivity index (χ1v) is 11.4. The molecule has 1 saturated carbocycles. The topological polar surface area (TPSA) is 66.5 Å². The molecule has 162 valence electrons. The molecule has 4 rings (SSSR count). The molecule has 2 heterocycles. The van der Waals surface area contributed by atoms with Gasteiger partial charge in [0.2, 0.25) is 0 Å². The van der Waals surface area contributed by atoms with Crippen LogP contribution in [0.15, 0.2) is 23.6 Å². The zero-order valence-corrected chi connectivity index (χ0v) is 18.5. The highest BCUT2D eigenvalue weighted by Crippen LogP contribution is 2.40. The maximum absolute atomic E-state index is 14.8. The van der Waals surface area contributed by atoms with Crippen LogP contribution in [0.1, 0.15) is 50.2 Å². The summed E-state index contributed by atoms with van der Waals surface area (Å²) in [5.74, 6) is -0.347. The van der Waals surface area contributed by atoms with Crippen LogP contribution in [-0.4, -0.2) is 36.3 Å². The van der Waals surface area contributed by atoms with Crippen molar-refractivity contribution in [1.29, 1.82) is 0 Å². The lowest BCUT2D eigenvalue weighted by Crippen LogP contribution is -2.46. The number of hydrogen-bond donors (Lipinski definition) is 2. The van der Waals surface area contributed by atoms with Crippen LogP contribution in [0.2, 0.25) is 0 Å². The number of carbonyl (C=O) groups excluding carboxylic acids is 1. The summed E-state index contributed by atoms with van der Waals surface area (Å²) >= 11 is 1.59. The molecule has 0 bridgehead atoms. The first-order chi connectivity index (χ1) is 14.3. The van der Waals surface area contributed by atoms with Crippen molar-refractivity contribution in [1.82, 2.24) is 10.3 Å². The predicted molar refractivity (Wildman–Crippen MR) is 118 cm³/mol. The third-order valence-electron chi connectivity index (χ3n) is 5.80. The van der Waals surface area contributed by atoms with E-state index in [2.05, 4.69) is 15.6 Å². The molecule has 1 saturated heterocycles. The third-order valence-corrected chi connectivity index (χ3v) is 6.97. The Morgan fingerprint density at radius 1 is 1.27 bits per heavy atom. The van der Waals surface area contributed by atoms with E-state index >= 15 is 0 Å². The van der Waals surface area contributed by atoms with Crippen LogP contribution in [-0.2, 0) is 10.3 Å². The normalized spacial score (nSPS) is 23.4. The summed E-state index contributed by atoms with van der Waals surface area (Å²) in [5, 5.41) is 8.89. The number of rotatable bonds is 4. The zero-order chi connectivity index (χ0) is 21.3. The minimum atomic E-state index is -0.429. The molecular weight excluding hydrogens is 403 g/mol. The minimum absolute atomic E-state index is 0.0498. The molecule has 6 nitrogen and oxygen atoms in total. The van der Waals surface area contributed by atoms with E-state index in [9.17, 15) is 9.18 Å². The number of urea groups is 1. The van der Waals surface area contributed by atoms with Gasteiger partial charge in [-0.1, -0.05) is 12.8 Å². The number of ether oxygens (including phenoxy) is 1. The Morgan fingerprint density at radius 2 is 1.97 bits per heavy atom. The van der Waals surface area contributed by atoms with Crippen LogP contribution in [0.25, 0.3) is 0 Å². The zero-order valence-electron chi connectivity index (χ0n) is 17.7. The van der Waals surface area contributed by atoms with Crippen molar-refractivity contribution in [3.05, 3.63) is 40.1 Å². The van der Waals surface area contributed by atoms with E-state index in [1.807, 2.05) is 31.1 Å². The monoisotopic (exact) mass is 432 g/mol. The number of nitrogens with zero attached hydrogens (tertiary/aromatic N) is 2. The highest BCUT2D eigenvalue weighted by atomic mass is 32.1. The average Bonchev–Trinajstić information content (AvgIpc) is 3.31. The summed E-state index contributed by atoms with van der Waals surface area (Å²) in [6.45, 7) is 7.23. The Morgan fingerprint density at radius 3 is 2.57 bits per heavy atom. The van der Waals surface area contributed by atoms with Crippen molar-refractivity contribution >= 4 is 28.7 Å². The SMILES string of the molecule is Cc1csc(C2(NC(=O)Nc3ccc(N4C[C@@H](C)O[C@H](C)C4)c(F)c3)CCCC2)n1. The number of halogens is 1. The third kappa shape index (κ3) is 4.44. The standard InChI is InChI=1S/C22H29FN4O2S/c1-14-13-30-20(24-14)22(8-4-5-9-22)26-21(28)25-17-6-7-19(18(23)10-17)27-11-15(2)29-16(3)12-27/h6-7,10,13,15-16H,4-5,8-9,11-12H2,1-3H3,(H2,25,26,28)/t15-,16-/m1/s1. The van der Waals surface area contributed by atoms with Gasteiger partial charge in [0.1, 0.15) is 10.8 Å². The quantitative estimate of drug-likeness (QED) is 0.729. The van der Waals surface area contributed by atoms with Crippen molar-refractivity contribution < 1.29 is 13.9 Å². The van der Waals surface area contributed by atoms with E-state index in [0.717, 1.165) is 36.4 Å². The van der Waals surface area contributed by atoms with Crippen LogP contribution >= 0.6 is 11.3 Å². The predicted octanol–water partition coefficient (Wildman–Crippen LogP) is 4.80. The first kappa shape index (κ1) is 21.1. The van der Waals surface area contributed by atoms with Gasteiger partial charge in [-0.3, -0.25) is 0 Å². The minimum Gasteiger partial charge on any atom is -0.372 e. The van der Waals surface area contributed by atoms with Gasteiger partial charge in [-0.25, -0.2) is 14.2 Å². The van der Waals surface area contributed by atoms with Gasteiger partial charge in [-0.05, 0) is 51.8 Å². The summed E-state index contributed by atoms with van der Waals surface area (Å²) in [5.41, 5.74) is 1.51. The largest absolute Gasteiger partial charge is 0.372 e. The van der Waals surface area contributed by atoms with Gasteiger partial charge in [0.15, 0.2) is 0 Å². The Hall–Kier alpha value is -2.19. The smallest absolute Gasteiger partial charge is 0.320 e. The van der Waals surface area contributed by atoms with E-state index < -0.39 is 5.54 Å². The van der Waals surface area contributed by atoms with Crippen LogP contribution < -0.4 is 15.5 Å². The van der Waals surface area contributed by atoms with Crippen molar-refractivity contribution in [3.8, 4) is 0 Å². The molecule has 0 radical (unpaired) electrons. The maximum Gasteiger partial charge on any atom is 0.320 e. The highest BCUT2D eigenvalue weighted by Gasteiger charge is 2.39. The number of amides is 2. The maximum atomic E-state index is 14.8. The summed E-state index contributed by atoms with van der Waals surface area (Å²) in [7, 11) is 0. The average molecular weight is 433 g/mol. The molecule has 2 fully saturated rings. The number of hydrogen-bond acceptors (Lipinski definition) is 5. The van der Waals surface area contributed by atoms with Crippen LogP contribution in [0, 0.1) is 12.7 Å². The second-order valence-electron chi connectivity index (χ2n) is 8.49. The molecule has 1 aromatic carbocycles. The van der Waals surface area contributed by atoms with Crippen LogP contribution in [0.4, 0.5) is 20.6 Å². The lowest BCUT2D eigenvalue weighted by atomic mass is 9.99. The van der Waals surface area contributed by atoms with Crippen molar-refractivity contribution in [2.24, 2.45) is 0 Å². The fraction of sp³-hybridized carbons (Fsp3) is 0.545. The molecule has 2 aliphatic rings. The number of thiazole rings is 1. The molecule has 1 aliphatic carbocycles. The van der Waals surface area contributed by atoms with E-state index in [1.54, 1.807) is 23.5 Å². The summed E-state index contributed by atoms with van der Waals surface area (Å²) in [4.78, 5) is 19.4. The van der Waals surface area contributed by atoms with Crippen molar-refractivity contribution in [2.75, 3.05) is 23.3 Å². The number of morpholine rings is 1. The fourth-order valence-corrected chi connectivity index (χ4v) is 5.55. The van der Waals surface area contributed by atoms with E-state index in [-0.39, 0.29) is 24.1 Å². The van der Waals surface area contributed by atoms with Gasteiger partial charge in [0.25, 0.3) is 0 Å². The lowest BCUT2D eigenvalue weighted by molar-refractivity contribution is -0.00539. The van der Waals surface area contributed by atoms with E-state index in [0.29, 0.717) is 24.5 Å². The molecule has 2 atom stereocenters. The molecule has 2 aromatic rings. The van der Waals surface area contributed by atoms with Gasteiger partial charge >= 0.3 is 6.03 Å². The fourth-order valence-electron chi connectivity index (χ4n) is 4.54. The summed E-state index contributed by atoms with van der Waals surface area (Å²) < 4.78 is 20.6. The Balaban J connectivity index is 1.45. The van der Waals surface area contributed by atoms with Crippen LogP contribution in [0.5, 0.6) is 0 Å². The van der Waals surface area contributed by atoms with Gasteiger partial charge in [-0.2, -0.15) is 0 Å².